The summed E-state index contributed by atoms with van der Waals surface area (Å²) in [5.74, 6) is 1.85. The van der Waals surface area contributed by atoms with Gasteiger partial charge in [0.25, 0.3) is 0 Å². The fourth-order valence-corrected chi connectivity index (χ4v) is 1.73. The predicted octanol–water partition coefficient (Wildman–Crippen LogP) is 2.60. The Morgan fingerprint density at radius 2 is 2.00 bits per heavy atom. The van der Waals surface area contributed by atoms with Crippen LogP contribution in [0.5, 0.6) is 0 Å². The molecule has 16 heavy (non-hydrogen) atoms. The Balaban J connectivity index is 2.32. The van der Waals surface area contributed by atoms with Crippen molar-refractivity contribution >= 4 is 0 Å². The van der Waals surface area contributed by atoms with Gasteiger partial charge in [-0.3, -0.25) is 4.98 Å². The van der Waals surface area contributed by atoms with Crippen LogP contribution in [0.2, 0.25) is 0 Å². The third-order valence-corrected chi connectivity index (χ3v) is 2.60. The Hall–Kier alpha value is -1.61. The molecule has 0 amide bonds. The zero-order chi connectivity index (χ0) is 11.5. The first-order valence-electron chi connectivity index (χ1n) is 5.37. The van der Waals surface area contributed by atoms with Gasteiger partial charge in [-0.05, 0) is 44.7 Å². The first-order valence-corrected chi connectivity index (χ1v) is 5.37. The Kier molecular flexibility index (Phi) is 3.06. The van der Waals surface area contributed by atoms with Gasteiger partial charge in [-0.2, -0.15) is 0 Å². The van der Waals surface area contributed by atoms with Crippen molar-refractivity contribution in [3.05, 3.63) is 53.2 Å². The number of hydrogen-bond donors (Lipinski definition) is 1. The molecule has 2 heterocycles. The standard InChI is InChI=1S/C13H16N2O/c1-9-4-6-11(8-15-9)13(14-3)12-7-5-10(2)16-12/h4-8,13-14H,1-3H3. The highest BCUT2D eigenvalue weighted by molar-refractivity contribution is 5.25. The van der Waals surface area contributed by atoms with Crippen LogP contribution in [0.3, 0.4) is 0 Å². The number of nitrogens with zero attached hydrogens (tertiary/aromatic N) is 1. The number of rotatable bonds is 3. The molecule has 0 aliphatic carbocycles. The maximum Gasteiger partial charge on any atom is 0.125 e. The molecule has 0 spiro atoms. The number of hydrogen-bond acceptors (Lipinski definition) is 3. The molecule has 0 aliphatic heterocycles. The summed E-state index contributed by atoms with van der Waals surface area (Å²) in [6.07, 6.45) is 1.88. The van der Waals surface area contributed by atoms with Crippen molar-refractivity contribution in [1.29, 1.82) is 0 Å². The maximum atomic E-state index is 5.63. The smallest absolute Gasteiger partial charge is 0.125 e. The summed E-state index contributed by atoms with van der Waals surface area (Å²) in [7, 11) is 1.92. The molecule has 84 valence electrons. The summed E-state index contributed by atoms with van der Waals surface area (Å²) in [5.41, 5.74) is 2.14. The molecule has 0 aromatic carbocycles. The Bertz CT molecular complexity index is 459. The van der Waals surface area contributed by atoms with E-state index >= 15 is 0 Å². The first kappa shape index (κ1) is 10.9. The fourth-order valence-electron chi connectivity index (χ4n) is 1.73. The van der Waals surface area contributed by atoms with E-state index in [0.717, 1.165) is 22.8 Å². The molecule has 0 radical (unpaired) electrons. The number of aryl methyl sites for hydroxylation is 2. The molecule has 1 N–H and O–H groups in total. The molecule has 0 aliphatic rings. The van der Waals surface area contributed by atoms with Gasteiger partial charge in [-0.15, -0.1) is 0 Å². The molecular weight excluding hydrogens is 200 g/mol. The van der Waals surface area contributed by atoms with Crippen LogP contribution in [-0.4, -0.2) is 12.0 Å². The first-order chi connectivity index (χ1) is 7.70. The molecule has 2 aromatic heterocycles. The van der Waals surface area contributed by atoms with E-state index in [4.69, 9.17) is 4.42 Å². The molecule has 0 saturated carbocycles. The second-order valence-corrected chi connectivity index (χ2v) is 3.90. The molecular formula is C13H16N2O. The van der Waals surface area contributed by atoms with Crippen molar-refractivity contribution in [2.45, 2.75) is 19.9 Å². The van der Waals surface area contributed by atoms with E-state index < -0.39 is 0 Å². The van der Waals surface area contributed by atoms with E-state index in [1.165, 1.54) is 0 Å². The van der Waals surface area contributed by atoms with Crippen molar-refractivity contribution in [2.75, 3.05) is 7.05 Å². The summed E-state index contributed by atoms with van der Waals surface area (Å²) < 4.78 is 5.63. The van der Waals surface area contributed by atoms with E-state index in [-0.39, 0.29) is 6.04 Å². The lowest BCUT2D eigenvalue weighted by Gasteiger charge is -2.13. The topological polar surface area (TPSA) is 38.1 Å². The number of nitrogens with one attached hydrogen (secondary N) is 1. The van der Waals surface area contributed by atoms with Crippen LogP contribution in [0.4, 0.5) is 0 Å². The van der Waals surface area contributed by atoms with Crippen molar-refractivity contribution in [1.82, 2.24) is 10.3 Å². The van der Waals surface area contributed by atoms with E-state index in [0.29, 0.717) is 0 Å². The largest absolute Gasteiger partial charge is 0.464 e. The van der Waals surface area contributed by atoms with Crippen molar-refractivity contribution < 1.29 is 4.42 Å². The zero-order valence-electron chi connectivity index (χ0n) is 9.82. The van der Waals surface area contributed by atoms with Gasteiger partial charge in [-0.25, -0.2) is 0 Å². The second kappa shape index (κ2) is 4.49. The van der Waals surface area contributed by atoms with E-state index in [1.807, 2.05) is 45.3 Å². The van der Waals surface area contributed by atoms with Gasteiger partial charge < -0.3 is 9.73 Å². The third-order valence-electron chi connectivity index (χ3n) is 2.60. The Morgan fingerprint density at radius 3 is 2.50 bits per heavy atom. The minimum atomic E-state index is 0.0711. The Labute approximate surface area is 95.5 Å². The van der Waals surface area contributed by atoms with E-state index in [1.54, 1.807) is 0 Å². The highest BCUT2D eigenvalue weighted by atomic mass is 16.3. The summed E-state index contributed by atoms with van der Waals surface area (Å²) in [4.78, 5) is 4.30. The van der Waals surface area contributed by atoms with Crippen molar-refractivity contribution in [2.24, 2.45) is 0 Å². The van der Waals surface area contributed by atoms with Crippen LogP contribution in [0, 0.1) is 13.8 Å². The van der Waals surface area contributed by atoms with Gasteiger partial charge in [0.05, 0.1) is 6.04 Å². The minimum Gasteiger partial charge on any atom is -0.464 e. The summed E-state index contributed by atoms with van der Waals surface area (Å²) in [6.45, 7) is 3.93. The maximum absolute atomic E-state index is 5.63. The number of furan rings is 1. The van der Waals surface area contributed by atoms with Crippen LogP contribution < -0.4 is 5.32 Å². The normalized spacial score (nSPS) is 12.7. The lowest BCUT2D eigenvalue weighted by atomic mass is 10.1. The highest BCUT2D eigenvalue weighted by Crippen LogP contribution is 2.22. The van der Waals surface area contributed by atoms with Gasteiger partial charge in [0.1, 0.15) is 11.5 Å². The summed E-state index contributed by atoms with van der Waals surface area (Å²) in [6, 6.07) is 8.12. The van der Waals surface area contributed by atoms with Crippen LogP contribution in [0.1, 0.15) is 28.8 Å². The molecule has 3 nitrogen and oxygen atoms in total. The van der Waals surface area contributed by atoms with Gasteiger partial charge in [0.15, 0.2) is 0 Å². The number of pyridine rings is 1. The average Bonchev–Trinajstić information content (AvgIpc) is 2.69. The second-order valence-electron chi connectivity index (χ2n) is 3.90. The average molecular weight is 216 g/mol. The lowest BCUT2D eigenvalue weighted by molar-refractivity contribution is 0.443. The van der Waals surface area contributed by atoms with Crippen LogP contribution in [-0.2, 0) is 0 Å². The van der Waals surface area contributed by atoms with Gasteiger partial charge in [0, 0.05) is 11.9 Å². The lowest BCUT2D eigenvalue weighted by Crippen LogP contribution is -2.17. The van der Waals surface area contributed by atoms with E-state index in [2.05, 4.69) is 16.4 Å². The van der Waals surface area contributed by atoms with Gasteiger partial charge in [0.2, 0.25) is 0 Å². The third kappa shape index (κ3) is 2.14. The molecule has 3 heteroatoms. The molecule has 0 fully saturated rings. The molecule has 2 aromatic rings. The quantitative estimate of drug-likeness (QED) is 0.857. The number of aromatic nitrogens is 1. The van der Waals surface area contributed by atoms with Crippen LogP contribution in [0.25, 0.3) is 0 Å². The monoisotopic (exact) mass is 216 g/mol. The molecule has 2 rings (SSSR count). The van der Waals surface area contributed by atoms with E-state index in [9.17, 15) is 0 Å². The van der Waals surface area contributed by atoms with Gasteiger partial charge in [-0.1, -0.05) is 6.07 Å². The molecule has 1 atom stereocenters. The Morgan fingerprint density at radius 1 is 1.19 bits per heavy atom. The minimum absolute atomic E-state index is 0.0711. The van der Waals surface area contributed by atoms with Crippen LogP contribution in [0.15, 0.2) is 34.9 Å². The summed E-state index contributed by atoms with van der Waals surface area (Å²) >= 11 is 0. The SMILES string of the molecule is CNC(c1ccc(C)nc1)c1ccc(C)o1. The van der Waals surface area contributed by atoms with Gasteiger partial charge >= 0.3 is 0 Å². The predicted molar refractivity (Wildman–Crippen MR) is 63.3 cm³/mol. The van der Waals surface area contributed by atoms with Crippen molar-refractivity contribution in [3.8, 4) is 0 Å². The summed E-state index contributed by atoms with van der Waals surface area (Å²) in [5, 5.41) is 3.23. The molecule has 0 saturated heterocycles. The highest BCUT2D eigenvalue weighted by Gasteiger charge is 2.15. The van der Waals surface area contributed by atoms with Crippen molar-refractivity contribution in [3.63, 3.8) is 0 Å². The molecule has 0 bridgehead atoms. The zero-order valence-corrected chi connectivity index (χ0v) is 9.82. The van der Waals surface area contributed by atoms with Crippen LogP contribution >= 0.6 is 0 Å². The fraction of sp³-hybridized carbons (Fsp3) is 0.308. The molecule has 1 unspecified atom stereocenters.